The molecule has 0 spiro atoms. The van der Waals surface area contributed by atoms with Gasteiger partial charge in [-0.1, -0.05) is 23.7 Å². The number of halogens is 1. The minimum absolute atomic E-state index is 0.168. The minimum Gasteiger partial charge on any atom is -0.393 e. The molecule has 0 amide bonds. The van der Waals surface area contributed by atoms with E-state index in [1.54, 1.807) is 6.92 Å². The summed E-state index contributed by atoms with van der Waals surface area (Å²) >= 11 is 5.80. The van der Waals surface area contributed by atoms with E-state index in [9.17, 15) is 10.2 Å². The lowest BCUT2D eigenvalue weighted by Crippen LogP contribution is -2.37. The van der Waals surface area contributed by atoms with E-state index in [0.717, 1.165) is 5.56 Å². The van der Waals surface area contributed by atoms with Gasteiger partial charge in [-0.25, -0.2) is 0 Å². The zero-order valence-corrected chi connectivity index (χ0v) is 12.8. The van der Waals surface area contributed by atoms with Crippen molar-refractivity contribution in [2.24, 2.45) is 0 Å². The molecule has 0 saturated carbocycles. The first-order valence-corrected chi connectivity index (χ1v) is 7.27. The van der Waals surface area contributed by atoms with Crippen LogP contribution in [0.4, 0.5) is 0 Å². The fourth-order valence-corrected chi connectivity index (χ4v) is 2.01. The Bertz CT molecular complexity index is 370. The standard InChI is InChI=1S/C15H24ClNO3/c1-11(7-12(2)18)17-8-15(19)10-20-9-13-3-5-14(16)6-4-13/h3-6,11-12,15,17-19H,7-10H2,1-2H3. The highest BCUT2D eigenvalue weighted by Crippen LogP contribution is 2.10. The van der Waals surface area contributed by atoms with Crippen LogP contribution in [0.1, 0.15) is 25.8 Å². The maximum Gasteiger partial charge on any atom is 0.0897 e. The van der Waals surface area contributed by atoms with Gasteiger partial charge in [0, 0.05) is 17.6 Å². The van der Waals surface area contributed by atoms with Crippen LogP contribution in [0.3, 0.4) is 0 Å². The Morgan fingerprint density at radius 2 is 1.85 bits per heavy atom. The van der Waals surface area contributed by atoms with Crippen LogP contribution in [0.5, 0.6) is 0 Å². The molecule has 5 heteroatoms. The molecule has 20 heavy (non-hydrogen) atoms. The quantitative estimate of drug-likeness (QED) is 0.652. The van der Waals surface area contributed by atoms with Gasteiger partial charge >= 0.3 is 0 Å². The maximum atomic E-state index is 9.78. The van der Waals surface area contributed by atoms with E-state index < -0.39 is 6.10 Å². The Labute approximate surface area is 125 Å². The Morgan fingerprint density at radius 3 is 2.45 bits per heavy atom. The predicted octanol–water partition coefficient (Wildman–Crippen LogP) is 1.97. The summed E-state index contributed by atoms with van der Waals surface area (Å²) in [6, 6.07) is 7.60. The van der Waals surface area contributed by atoms with E-state index >= 15 is 0 Å². The molecule has 0 fully saturated rings. The normalized spacial score (nSPS) is 15.8. The molecule has 4 nitrogen and oxygen atoms in total. The van der Waals surface area contributed by atoms with Crippen molar-refractivity contribution in [3.8, 4) is 0 Å². The lowest BCUT2D eigenvalue weighted by molar-refractivity contribution is 0.0270. The molecule has 0 saturated heterocycles. The van der Waals surface area contributed by atoms with E-state index in [0.29, 0.717) is 24.6 Å². The lowest BCUT2D eigenvalue weighted by atomic mass is 10.1. The van der Waals surface area contributed by atoms with Gasteiger partial charge in [0.2, 0.25) is 0 Å². The number of rotatable bonds is 9. The first kappa shape index (κ1) is 17.4. The first-order chi connectivity index (χ1) is 9.47. The van der Waals surface area contributed by atoms with Crippen molar-refractivity contribution < 1.29 is 14.9 Å². The van der Waals surface area contributed by atoms with E-state index in [1.807, 2.05) is 31.2 Å². The summed E-state index contributed by atoms with van der Waals surface area (Å²) in [5, 5.41) is 22.9. The molecule has 0 bridgehead atoms. The van der Waals surface area contributed by atoms with Gasteiger partial charge in [-0.05, 0) is 38.0 Å². The molecule has 1 aromatic carbocycles. The van der Waals surface area contributed by atoms with E-state index in [1.165, 1.54) is 0 Å². The fraction of sp³-hybridized carbons (Fsp3) is 0.600. The van der Waals surface area contributed by atoms with Crippen molar-refractivity contribution in [1.82, 2.24) is 5.32 Å². The molecular weight excluding hydrogens is 278 g/mol. The molecule has 0 aliphatic carbocycles. The van der Waals surface area contributed by atoms with Gasteiger partial charge in [0.15, 0.2) is 0 Å². The third-order valence-corrected chi connectivity index (χ3v) is 3.14. The summed E-state index contributed by atoms with van der Waals surface area (Å²) in [5.74, 6) is 0. The molecule has 1 rings (SSSR count). The number of benzene rings is 1. The average molecular weight is 302 g/mol. The lowest BCUT2D eigenvalue weighted by Gasteiger charge is -2.18. The second kappa shape index (κ2) is 9.32. The van der Waals surface area contributed by atoms with Crippen LogP contribution in [0, 0.1) is 0 Å². The van der Waals surface area contributed by atoms with Crippen LogP contribution < -0.4 is 5.32 Å². The van der Waals surface area contributed by atoms with Crippen molar-refractivity contribution in [2.45, 2.75) is 45.1 Å². The highest BCUT2D eigenvalue weighted by molar-refractivity contribution is 6.30. The summed E-state index contributed by atoms with van der Waals surface area (Å²) in [5.41, 5.74) is 1.03. The second-order valence-electron chi connectivity index (χ2n) is 5.19. The molecule has 0 aromatic heterocycles. The minimum atomic E-state index is -0.557. The summed E-state index contributed by atoms with van der Waals surface area (Å²) in [4.78, 5) is 0. The molecule has 1 aromatic rings. The molecule has 0 aliphatic heterocycles. The number of nitrogens with one attached hydrogen (secondary N) is 1. The monoisotopic (exact) mass is 301 g/mol. The third-order valence-electron chi connectivity index (χ3n) is 2.89. The number of ether oxygens (including phenoxy) is 1. The molecule has 0 radical (unpaired) electrons. The second-order valence-corrected chi connectivity index (χ2v) is 5.63. The van der Waals surface area contributed by atoms with Crippen molar-refractivity contribution in [3.05, 3.63) is 34.9 Å². The summed E-state index contributed by atoms with van der Waals surface area (Å²) in [7, 11) is 0. The summed E-state index contributed by atoms with van der Waals surface area (Å²) in [6.45, 7) is 4.92. The van der Waals surface area contributed by atoms with Gasteiger partial charge in [-0.15, -0.1) is 0 Å². The number of hydrogen-bond donors (Lipinski definition) is 3. The Morgan fingerprint density at radius 1 is 1.20 bits per heavy atom. The molecule has 3 atom stereocenters. The largest absolute Gasteiger partial charge is 0.393 e. The first-order valence-electron chi connectivity index (χ1n) is 6.89. The van der Waals surface area contributed by atoms with Crippen LogP contribution >= 0.6 is 11.6 Å². The summed E-state index contributed by atoms with van der Waals surface area (Å²) < 4.78 is 5.45. The van der Waals surface area contributed by atoms with E-state index in [-0.39, 0.29) is 18.8 Å². The number of aliphatic hydroxyl groups excluding tert-OH is 2. The number of hydrogen-bond acceptors (Lipinski definition) is 4. The van der Waals surface area contributed by atoms with E-state index in [2.05, 4.69) is 5.32 Å². The smallest absolute Gasteiger partial charge is 0.0897 e. The van der Waals surface area contributed by atoms with Gasteiger partial charge in [0.05, 0.1) is 25.4 Å². The zero-order chi connectivity index (χ0) is 15.0. The fourth-order valence-electron chi connectivity index (χ4n) is 1.88. The highest BCUT2D eigenvalue weighted by Gasteiger charge is 2.09. The molecule has 114 valence electrons. The van der Waals surface area contributed by atoms with Crippen LogP contribution in [0.2, 0.25) is 5.02 Å². The van der Waals surface area contributed by atoms with Crippen molar-refractivity contribution >= 4 is 11.6 Å². The van der Waals surface area contributed by atoms with Gasteiger partial charge in [0.25, 0.3) is 0 Å². The molecule has 3 N–H and O–H groups in total. The van der Waals surface area contributed by atoms with Gasteiger partial charge in [-0.2, -0.15) is 0 Å². The summed E-state index contributed by atoms with van der Waals surface area (Å²) in [6.07, 6.45) is -0.229. The highest BCUT2D eigenvalue weighted by atomic mass is 35.5. The van der Waals surface area contributed by atoms with Crippen LogP contribution in [-0.4, -0.2) is 41.6 Å². The Hall–Kier alpha value is -0.650. The Kier molecular flexibility index (Phi) is 8.11. The van der Waals surface area contributed by atoms with Crippen molar-refractivity contribution in [1.29, 1.82) is 0 Å². The van der Waals surface area contributed by atoms with Crippen molar-refractivity contribution in [3.63, 3.8) is 0 Å². The van der Waals surface area contributed by atoms with Gasteiger partial charge < -0.3 is 20.3 Å². The maximum absolute atomic E-state index is 9.78. The predicted molar refractivity (Wildman–Crippen MR) is 80.9 cm³/mol. The zero-order valence-electron chi connectivity index (χ0n) is 12.1. The molecule has 3 unspecified atom stereocenters. The van der Waals surface area contributed by atoms with Crippen LogP contribution in [0.25, 0.3) is 0 Å². The van der Waals surface area contributed by atoms with Crippen molar-refractivity contribution in [2.75, 3.05) is 13.2 Å². The molecule has 0 heterocycles. The SMILES string of the molecule is CC(O)CC(C)NCC(O)COCc1ccc(Cl)cc1. The van der Waals surface area contributed by atoms with Gasteiger partial charge in [0.1, 0.15) is 0 Å². The topological polar surface area (TPSA) is 61.7 Å². The number of aliphatic hydroxyl groups is 2. The average Bonchev–Trinajstić information content (AvgIpc) is 2.38. The van der Waals surface area contributed by atoms with Gasteiger partial charge in [-0.3, -0.25) is 0 Å². The molecule has 0 aliphatic rings. The van der Waals surface area contributed by atoms with E-state index in [4.69, 9.17) is 16.3 Å². The Balaban J connectivity index is 2.13. The van der Waals surface area contributed by atoms with Crippen LogP contribution in [0.15, 0.2) is 24.3 Å². The molecular formula is C15H24ClNO3. The van der Waals surface area contributed by atoms with Crippen LogP contribution in [-0.2, 0) is 11.3 Å². The third kappa shape index (κ3) is 7.82.